The van der Waals surface area contributed by atoms with Gasteiger partial charge in [-0.15, -0.1) is 10.2 Å². The average molecular weight is 459 g/mol. The molecule has 31 heavy (non-hydrogen) atoms. The molecule has 2 heterocycles. The predicted octanol–water partition coefficient (Wildman–Crippen LogP) is 3.28. The lowest BCUT2D eigenvalue weighted by molar-refractivity contribution is -0.113. The van der Waals surface area contributed by atoms with E-state index in [1.54, 1.807) is 21.0 Å². The maximum atomic E-state index is 12.4. The van der Waals surface area contributed by atoms with Crippen LogP contribution in [0.15, 0.2) is 35.5 Å². The molecule has 3 rings (SSSR count). The first-order chi connectivity index (χ1) is 14.9. The van der Waals surface area contributed by atoms with Gasteiger partial charge in [0.1, 0.15) is 10.7 Å². The lowest BCUT2D eigenvalue weighted by Crippen LogP contribution is -2.21. The number of hydrogen-bond acceptors (Lipinski definition) is 7. The lowest BCUT2D eigenvalue weighted by Gasteiger charge is -2.08. The molecule has 2 amide bonds. The molecule has 1 N–H and O–H groups in total. The minimum absolute atomic E-state index is 0.121. The monoisotopic (exact) mass is 458 g/mol. The second-order valence-electron chi connectivity index (χ2n) is 7.10. The smallest absolute Gasteiger partial charge is 0.265 e. The molecule has 0 atom stereocenters. The number of anilines is 1. The number of nitrogens with zero attached hydrogens (tertiary/aromatic N) is 5. The van der Waals surface area contributed by atoms with Crippen molar-refractivity contribution >= 4 is 40.0 Å². The fraction of sp³-hybridized carbons (Fsp3) is 0.381. The Balaban J connectivity index is 1.57. The summed E-state index contributed by atoms with van der Waals surface area (Å²) in [6.45, 7) is 4.54. The van der Waals surface area contributed by atoms with Crippen LogP contribution in [-0.2, 0) is 24.2 Å². The van der Waals surface area contributed by atoms with Gasteiger partial charge in [-0.2, -0.15) is 0 Å². The molecule has 0 aliphatic rings. The average Bonchev–Trinajstić information content (AvgIpc) is 3.32. The van der Waals surface area contributed by atoms with Gasteiger partial charge in [-0.05, 0) is 25.8 Å². The van der Waals surface area contributed by atoms with E-state index in [4.69, 9.17) is 0 Å². The summed E-state index contributed by atoms with van der Waals surface area (Å²) in [6, 6.07) is 10.3. The Morgan fingerprint density at radius 1 is 1.16 bits per heavy atom. The van der Waals surface area contributed by atoms with Crippen molar-refractivity contribution in [3.05, 3.63) is 52.3 Å². The number of thioether (sulfide) groups is 1. The Bertz CT molecular complexity index is 1050. The number of aryl methyl sites for hydroxylation is 3. The largest absolute Gasteiger partial charge is 0.344 e. The molecule has 3 aromatic rings. The number of carbonyl (C=O) groups is 2. The van der Waals surface area contributed by atoms with Crippen LogP contribution in [0.2, 0.25) is 0 Å². The highest BCUT2D eigenvalue weighted by atomic mass is 32.2. The zero-order valence-electron chi connectivity index (χ0n) is 18.1. The number of nitrogens with one attached hydrogen (secondary N) is 1. The van der Waals surface area contributed by atoms with E-state index in [0.717, 1.165) is 30.4 Å². The van der Waals surface area contributed by atoms with Crippen LogP contribution in [-0.4, -0.2) is 56.3 Å². The van der Waals surface area contributed by atoms with Gasteiger partial charge in [0.2, 0.25) is 5.91 Å². The number of aromatic nitrogens is 4. The summed E-state index contributed by atoms with van der Waals surface area (Å²) in [5.41, 5.74) is 1.87. The first-order valence-corrected chi connectivity index (χ1v) is 11.8. The van der Waals surface area contributed by atoms with E-state index >= 15 is 0 Å². The maximum Gasteiger partial charge on any atom is 0.265 e. The summed E-state index contributed by atoms with van der Waals surface area (Å²) in [4.78, 5) is 30.9. The Hall–Kier alpha value is -2.72. The van der Waals surface area contributed by atoms with E-state index in [1.807, 2.05) is 29.7 Å². The van der Waals surface area contributed by atoms with Crippen LogP contribution in [0.1, 0.15) is 33.7 Å². The Morgan fingerprint density at radius 3 is 2.58 bits per heavy atom. The normalized spacial score (nSPS) is 10.8. The van der Waals surface area contributed by atoms with E-state index in [2.05, 4.69) is 32.6 Å². The molecular formula is C21H26N6O2S2. The van der Waals surface area contributed by atoms with Gasteiger partial charge < -0.3 is 14.8 Å². The number of hydrogen-bond donors (Lipinski definition) is 1. The second kappa shape index (κ2) is 10.5. The van der Waals surface area contributed by atoms with Crippen LogP contribution >= 0.6 is 23.1 Å². The lowest BCUT2D eigenvalue weighted by atomic mass is 10.1. The minimum atomic E-state index is -0.195. The van der Waals surface area contributed by atoms with Gasteiger partial charge in [0.25, 0.3) is 5.91 Å². The van der Waals surface area contributed by atoms with Gasteiger partial charge in [-0.1, -0.05) is 53.4 Å². The van der Waals surface area contributed by atoms with Gasteiger partial charge in [0.05, 0.1) is 11.4 Å². The highest BCUT2D eigenvalue weighted by molar-refractivity contribution is 7.99. The van der Waals surface area contributed by atoms with E-state index in [-0.39, 0.29) is 17.6 Å². The van der Waals surface area contributed by atoms with Crippen LogP contribution in [0.3, 0.4) is 0 Å². The highest BCUT2D eigenvalue weighted by Crippen LogP contribution is 2.24. The quantitative estimate of drug-likeness (QED) is 0.495. The van der Waals surface area contributed by atoms with Crippen LogP contribution in [0.4, 0.5) is 5.13 Å². The molecule has 0 unspecified atom stereocenters. The first-order valence-electron chi connectivity index (χ1n) is 9.96. The Kier molecular flexibility index (Phi) is 7.80. The van der Waals surface area contributed by atoms with Gasteiger partial charge in [0.15, 0.2) is 10.3 Å². The third kappa shape index (κ3) is 5.92. The van der Waals surface area contributed by atoms with Gasteiger partial charge in [-0.3, -0.25) is 9.59 Å². The van der Waals surface area contributed by atoms with Crippen LogP contribution in [0, 0.1) is 6.92 Å². The molecule has 0 aliphatic heterocycles. The third-order valence-corrected chi connectivity index (χ3v) is 6.59. The van der Waals surface area contributed by atoms with Crippen molar-refractivity contribution in [1.29, 1.82) is 0 Å². The molecule has 0 saturated heterocycles. The summed E-state index contributed by atoms with van der Waals surface area (Å²) < 4.78 is 2.04. The van der Waals surface area contributed by atoms with Crippen molar-refractivity contribution < 1.29 is 9.59 Å². The summed E-state index contributed by atoms with van der Waals surface area (Å²) in [5, 5.41) is 12.5. The molecule has 2 aromatic heterocycles. The number of benzene rings is 1. The molecule has 1 aromatic carbocycles. The van der Waals surface area contributed by atoms with Gasteiger partial charge in [-0.25, -0.2) is 4.98 Å². The standard InChI is InChI=1S/C21H26N6O2S2/c1-5-27-16(12-11-15-9-7-6-8-10-15)24-25-21(27)30-13-17(28)23-20-22-14(2)18(31-20)19(29)26(3)4/h6-10H,5,11-13H2,1-4H3,(H,22,23,28). The number of rotatable bonds is 9. The molecule has 0 radical (unpaired) electrons. The first kappa shape index (κ1) is 23.0. The minimum Gasteiger partial charge on any atom is -0.344 e. The molecule has 10 heteroatoms. The van der Waals surface area contributed by atoms with E-state index in [1.165, 1.54) is 33.6 Å². The van der Waals surface area contributed by atoms with Crippen molar-refractivity contribution in [2.75, 3.05) is 25.2 Å². The summed E-state index contributed by atoms with van der Waals surface area (Å²) in [5.74, 6) is 0.784. The molecule has 0 spiro atoms. The third-order valence-electron chi connectivity index (χ3n) is 4.57. The zero-order valence-corrected chi connectivity index (χ0v) is 19.7. The Labute approximate surface area is 190 Å². The predicted molar refractivity (Wildman–Crippen MR) is 124 cm³/mol. The molecular weight excluding hydrogens is 432 g/mol. The topological polar surface area (TPSA) is 93.0 Å². The van der Waals surface area contributed by atoms with Crippen molar-refractivity contribution in [2.24, 2.45) is 0 Å². The van der Waals surface area contributed by atoms with Crippen molar-refractivity contribution in [3.8, 4) is 0 Å². The molecule has 0 fully saturated rings. The number of amides is 2. The highest BCUT2D eigenvalue weighted by Gasteiger charge is 2.19. The van der Waals surface area contributed by atoms with Crippen LogP contribution < -0.4 is 5.32 Å². The van der Waals surface area contributed by atoms with Crippen molar-refractivity contribution in [2.45, 2.75) is 38.4 Å². The zero-order chi connectivity index (χ0) is 22.4. The van der Waals surface area contributed by atoms with Crippen molar-refractivity contribution in [1.82, 2.24) is 24.6 Å². The molecule has 0 saturated carbocycles. The molecule has 8 nitrogen and oxygen atoms in total. The Morgan fingerprint density at radius 2 is 1.90 bits per heavy atom. The summed E-state index contributed by atoms with van der Waals surface area (Å²) >= 11 is 2.53. The fourth-order valence-electron chi connectivity index (χ4n) is 2.97. The SMILES string of the molecule is CCn1c(CCc2ccccc2)nnc1SCC(=O)Nc1nc(C)c(C(=O)N(C)C)s1. The summed E-state index contributed by atoms with van der Waals surface area (Å²) in [6.07, 6.45) is 1.68. The number of carbonyl (C=O) groups excluding carboxylic acids is 2. The second-order valence-corrected chi connectivity index (χ2v) is 9.04. The molecule has 0 aliphatic carbocycles. The van der Waals surface area contributed by atoms with E-state index < -0.39 is 0 Å². The summed E-state index contributed by atoms with van der Waals surface area (Å²) in [7, 11) is 3.38. The fourth-order valence-corrected chi connectivity index (χ4v) is 4.79. The number of thiazole rings is 1. The van der Waals surface area contributed by atoms with Crippen LogP contribution in [0.5, 0.6) is 0 Å². The molecule has 164 valence electrons. The van der Waals surface area contributed by atoms with Gasteiger partial charge >= 0.3 is 0 Å². The maximum absolute atomic E-state index is 12.4. The van der Waals surface area contributed by atoms with Crippen molar-refractivity contribution in [3.63, 3.8) is 0 Å². The van der Waals surface area contributed by atoms with Gasteiger partial charge in [0, 0.05) is 27.1 Å². The van der Waals surface area contributed by atoms with E-state index in [9.17, 15) is 9.59 Å². The van der Waals surface area contributed by atoms with E-state index in [0.29, 0.717) is 15.7 Å². The van der Waals surface area contributed by atoms with Crippen LogP contribution in [0.25, 0.3) is 0 Å². The molecule has 0 bridgehead atoms.